The summed E-state index contributed by atoms with van der Waals surface area (Å²) in [5.74, 6) is 0.118. The number of aryl methyl sites for hydroxylation is 1. The minimum atomic E-state index is -0.641. The summed E-state index contributed by atoms with van der Waals surface area (Å²) < 4.78 is 5.32. The zero-order chi connectivity index (χ0) is 16.6. The molecule has 2 atom stereocenters. The van der Waals surface area contributed by atoms with Crippen LogP contribution < -0.4 is 10.1 Å². The van der Waals surface area contributed by atoms with Gasteiger partial charge in [-0.05, 0) is 26.0 Å². The highest BCUT2D eigenvalue weighted by atomic mass is 16.6. The fourth-order valence-corrected chi connectivity index (χ4v) is 2.83. The minimum absolute atomic E-state index is 0.110. The van der Waals surface area contributed by atoms with Crippen LogP contribution in [-0.4, -0.2) is 59.4 Å². The number of hydrogen-bond donors (Lipinski definition) is 1. The molecule has 7 nitrogen and oxygen atoms in total. The van der Waals surface area contributed by atoms with E-state index in [-0.39, 0.29) is 18.4 Å². The van der Waals surface area contributed by atoms with Gasteiger partial charge in [0.2, 0.25) is 11.8 Å². The van der Waals surface area contributed by atoms with E-state index in [0.717, 1.165) is 5.56 Å². The highest BCUT2D eigenvalue weighted by Gasteiger charge is 2.43. The van der Waals surface area contributed by atoms with Gasteiger partial charge in [0.05, 0.1) is 6.54 Å². The lowest BCUT2D eigenvalue weighted by molar-refractivity contribution is -0.151. The first-order chi connectivity index (χ1) is 11.0. The molecule has 7 heteroatoms. The number of carbonyl (C=O) groups is 3. The second kappa shape index (κ2) is 5.91. The normalized spacial score (nSPS) is 24.1. The standard InChI is InChI=1S/C16H19N3O4/c1-10-3-5-12(6-4-10)23-16(22)18-7-8-19-13(9-18)14(20)17-11(2)15(19)21/h3-6,11,13H,7-9H2,1-2H3,(H,17,20)/t11-,13-/m1/s1. The molecule has 2 fully saturated rings. The average Bonchev–Trinajstić information content (AvgIpc) is 2.54. The smallest absolute Gasteiger partial charge is 0.410 e. The Hall–Kier alpha value is -2.57. The van der Waals surface area contributed by atoms with Crippen LogP contribution in [0.25, 0.3) is 0 Å². The molecule has 122 valence electrons. The molecule has 0 aromatic heterocycles. The number of hydrogen-bond acceptors (Lipinski definition) is 4. The van der Waals surface area contributed by atoms with Crippen molar-refractivity contribution >= 4 is 17.9 Å². The molecule has 0 spiro atoms. The fourth-order valence-electron chi connectivity index (χ4n) is 2.83. The van der Waals surface area contributed by atoms with Gasteiger partial charge in [-0.3, -0.25) is 9.59 Å². The SMILES string of the molecule is Cc1ccc(OC(=O)N2CCN3C(=O)[C@@H](C)NC(=O)[C@H]3C2)cc1. The van der Waals surface area contributed by atoms with E-state index in [1.54, 1.807) is 24.0 Å². The predicted octanol–water partition coefficient (Wildman–Crippen LogP) is 0.525. The third kappa shape index (κ3) is 2.99. The van der Waals surface area contributed by atoms with Crippen LogP contribution in [0.15, 0.2) is 24.3 Å². The molecular weight excluding hydrogens is 298 g/mol. The lowest BCUT2D eigenvalue weighted by Gasteiger charge is -2.44. The van der Waals surface area contributed by atoms with E-state index in [9.17, 15) is 14.4 Å². The molecule has 0 bridgehead atoms. The van der Waals surface area contributed by atoms with Crippen LogP contribution in [-0.2, 0) is 9.59 Å². The maximum atomic E-state index is 12.2. The van der Waals surface area contributed by atoms with Gasteiger partial charge in [-0.1, -0.05) is 17.7 Å². The van der Waals surface area contributed by atoms with E-state index in [1.807, 2.05) is 19.1 Å². The zero-order valence-corrected chi connectivity index (χ0v) is 13.1. The zero-order valence-electron chi connectivity index (χ0n) is 13.1. The van der Waals surface area contributed by atoms with Crippen LogP contribution in [0.5, 0.6) is 5.75 Å². The molecule has 1 N–H and O–H groups in total. The van der Waals surface area contributed by atoms with Crippen molar-refractivity contribution in [3.05, 3.63) is 29.8 Å². The molecule has 1 aromatic carbocycles. The van der Waals surface area contributed by atoms with Crippen molar-refractivity contribution in [2.75, 3.05) is 19.6 Å². The van der Waals surface area contributed by atoms with Gasteiger partial charge in [0.1, 0.15) is 17.8 Å². The van der Waals surface area contributed by atoms with E-state index in [2.05, 4.69) is 5.32 Å². The Bertz CT molecular complexity index is 643. The van der Waals surface area contributed by atoms with Crippen LogP contribution in [0.2, 0.25) is 0 Å². The Balaban J connectivity index is 1.66. The number of fused-ring (bicyclic) bond motifs is 1. The molecule has 1 aromatic rings. The second-order valence-electron chi connectivity index (χ2n) is 5.90. The molecule has 2 saturated heterocycles. The molecule has 3 rings (SSSR count). The molecule has 0 aliphatic carbocycles. The van der Waals surface area contributed by atoms with E-state index in [1.165, 1.54) is 4.90 Å². The molecule has 0 radical (unpaired) electrons. The van der Waals surface area contributed by atoms with Crippen LogP contribution in [0.1, 0.15) is 12.5 Å². The monoisotopic (exact) mass is 317 g/mol. The topological polar surface area (TPSA) is 79.0 Å². The second-order valence-corrected chi connectivity index (χ2v) is 5.90. The summed E-state index contributed by atoms with van der Waals surface area (Å²) in [6.07, 6.45) is -0.507. The highest BCUT2D eigenvalue weighted by Crippen LogP contribution is 2.18. The van der Waals surface area contributed by atoms with Crippen molar-refractivity contribution in [2.24, 2.45) is 0 Å². The van der Waals surface area contributed by atoms with Crippen molar-refractivity contribution in [3.8, 4) is 5.75 Å². The van der Waals surface area contributed by atoms with Crippen LogP contribution in [0.3, 0.4) is 0 Å². The van der Waals surface area contributed by atoms with Gasteiger partial charge in [-0.15, -0.1) is 0 Å². The predicted molar refractivity (Wildman–Crippen MR) is 81.9 cm³/mol. The molecule has 0 unspecified atom stereocenters. The Morgan fingerprint density at radius 2 is 1.91 bits per heavy atom. The quantitative estimate of drug-likeness (QED) is 0.819. The van der Waals surface area contributed by atoms with Crippen molar-refractivity contribution in [3.63, 3.8) is 0 Å². The molecule has 2 aliphatic heterocycles. The van der Waals surface area contributed by atoms with Crippen molar-refractivity contribution in [1.82, 2.24) is 15.1 Å². The molecule has 2 aliphatic rings. The summed E-state index contributed by atoms with van der Waals surface area (Å²) in [5, 5.41) is 2.63. The van der Waals surface area contributed by atoms with Gasteiger partial charge in [0.25, 0.3) is 0 Å². The number of carbonyl (C=O) groups excluding carboxylic acids is 3. The van der Waals surface area contributed by atoms with Gasteiger partial charge in [0, 0.05) is 13.1 Å². The number of amides is 3. The first-order valence-corrected chi connectivity index (χ1v) is 7.60. The van der Waals surface area contributed by atoms with Crippen LogP contribution in [0, 0.1) is 6.92 Å². The molecule has 3 amide bonds. The minimum Gasteiger partial charge on any atom is -0.410 e. The molecule has 23 heavy (non-hydrogen) atoms. The number of nitrogens with zero attached hydrogens (tertiary/aromatic N) is 2. The van der Waals surface area contributed by atoms with Gasteiger partial charge in [0.15, 0.2) is 0 Å². The molecule has 2 heterocycles. The van der Waals surface area contributed by atoms with Crippen molar-refractivity contribution in [2.45, 2.75) is 25.9 Å². The Kier molecular flexibility index (Phi) is 3.94. The Morgan fingerprint density at radius 1 is 1.22 bits per heavy atom. The van der Waals surface area contributed by atoms with Gasteiger partial charge in [-0.25, -0.2) is 4.79 Å². The Morgan fingerprint density at radius 3 is 2.61 bits per heavy atom. The first kappa shape index (κ1) is 15.3. The van der Waals surface area contributed by atoms with Crippen molar-refractivity contribution < 1.29 is 19.1 Å². The van der Waals surface area contributed by atoms with Crippen molar-refractivity contribution in [1.29, 1.82) is 0 Å². The van der Waals surface area contributed by atoms with E-state index in [0.29, 0.717) is 18.8 Å². The maximum Gasteiger partial charge on any atom is 0.415 e. The summed E-state index contributed by atoms with van der Waals surface area (Å²) in [6.45, 7) is 4.45. The molecule has 0 saturated carbocycles. The molecular formula is C16H19N3O4. The largest absolute Gasteiger partial charge is 0.415 e. The van der Waals surface area contributed by atoms with Crippen LogP contribution >= 0.6 is 0 Å². The van der Waals surface area contributed by atoms with E-state index >= 15 is 0 Å². The number of rotatable bonds is 1. The fraction of sp³-hybridized carbons (Fsp3) is 0.438. The lowest BCUT2D eigenvalue weighted by Crippen LogP contribution is -2.69. The summed E-state index contributed by atoms with van der Waals surface area (Å²) in [7, 11) is 0. The van der Waals surface area contributed by atoms with Gasteiger partial charge >= 0.3 is 6.09 Å². The number of piperazine rings is 2. The van der Waals surface area contributed by atoms with E-state index < -0.39 is 18.2 Å². The number of ether oxygens (including phenoxy) is 1. The van der Waals surface area contributed by atoms with Crippen LogP contribution in [0.4, 0.5) is 4.79 Å². The summed E-state index contributed by atoms with van der Waals surface area (Å²) in [5.41, 5.74) is 1.07. The Labute approximate surface area is 134 Å². The highest BCUT2D eigenvalue weighted by molar-refractivity contribution is 5.97. The summed E-state index contributed by atoms with van der Waals surface area (Å²) in [6, 6.07) is 6.01. The first-order valence-electron chi connectivity index (χ1n) is 7.60. The van der Waals surface area contributed by atoms with Gasteiger partial charge in [-0.2, -0.15) is 0 Å². The number of benzene rings is 1. The average molecular weight is 317 g/mol. The third-order valence-corrected chi connectivity index (χ3v) is 4.18. The maximum absolute atomic E-state index is 12.2. The lowest BCUT2D eigenvalue weighted by atomic mass is 10.1. The summed E-state index contributed by atoms with van der Waals surface area (Å²) in [4.78, 5) is 39.4. The summed E-state index contributed by atoms with van der Waals surface area (Å²) >= 11 is 0. The third-order valence-electron chi connectivity index (χ3n) is 4.18. The number of nitrogens with one attached hydrogen (secondary N) is 1. The van der Waals surface area contributed by atoms with E-state index in [4.69, 9.17) is 4.74 Å². The van der Waals surface area contributed by atoms with Gasteiger partial charge < -0.3 is 19.9 Å².